The molecule has 0 aromatic carbocycles. The number of hydrogen-bond acceptors (Lipinski definition) is 4. The number of amides is 1. The van der Waals surface area contributed by atoms with Crippen molar-refractivity contribution in [1.29, 1.82) is 0 Å². The van der Waals surface area contributed by atoms with Crippen LogP contribution in [-0.2, 0) is 14.3 Å². The van der Waals surface area contributed by atoms with E-state index in [-0.39, 0.29) is 11.9 Å². The molecule has 5 nitrogen and oxygen atoms in total. The molecule has 0 fully saturated rings. The maximum Gasteiger partial charge on any atom is 0.222 e. The Kier molecular flexibility index (Phi) is 8.27. The van der Waals surface area contributed by atoms with Crippen LogP contribution in [0.25, 0.3) is 0 Å². The molecule has 1 atom stereocenters. The predicted molar refractivity (Wildman–Crippen MR) is 58.6 cm³/mol. The number of carbonyl (C=O) groups excluding carboxylic acids is 1. The van der Waals surface area contributed by atoms with Gasteiger partial charge in [0.2, 0.25) is 5.91 Å². The minimum Gasteiger partial charge on any atom is -0.385 e. The van der Waals surface area contributed by atoms with Gasteiger partial charge in [-0.3, -0.25) is 4.79 Å². The average Bonchev–Trinajstić information content (AvgIpc) is 2.18. The molecule has 0 heterocycles. The van der Waals surface area contributed by atoms with Crippen LogP contribution >= 0.6 is 0 Å². The molecule has 0 aliphatic carbocycles. The van der Waals surface area contributed by atoms with E-state index in [0.717, 1.165) is 6.42 Å². The van der Waals surface area contributed by atoms with Crippen molar-refractivity contribution in [3.63, 3.8) is 0 Å². The number of likely N-dealkylation sites (N-methyl/N-ethyl adjacent to an activating group) is 1. The zero-order valence-corrected chi connectivity index (χ0v) is 9.86. The molecule has 90 valence electrons. The molecule has 0 aliphatic rings. The first-order chi connectivity index (χ1) is 7.11. The van der Waals surface area contributed by atoms with Crippen molar-refractivity contribution in [2.24, 2.45) is 5.73 Å². The Balaban J connectivity index is 3.68. The molecular formula is C10H22N2O3. The highest BCUT2D eigenvalue weighted by atomic mass is 16.5. The maximum atomic E-state index is 11.5. The second-order valence-corrected chi connectivity index (χ2v) is 3.59. The molecule has 0 rings (SSSR count). The summed E-state index contributed by atoms with van der Waals surface area (Å²) in [6.07, 6.45) is 1.25. The molecule has 0 aromatic rings. The van der Waals surface area contributed by atoms with E-state index in [4.69, 9.17) is 15.2 Å². The summed E-state index contributed by atoms with van der Waals surface area (Å²) in [4.78, 5) is 13.2. The Hall–Kier alpha value is -0.650. The summed E-state index contributed by atoms with van der Waals surface area (Å²) in [5.41, 5.74) is 5.73. The van der Waals surface area contributed by atoms with E-state index in [9.17, 15) is 4.79 Å². The highest BCUT2D eigenvalue weighted by molar-refractivity contribution is 5.75. The largest absolute Gasteiger partial charge is 0.385 e. The molecule has 0 saturated heterocycles. The molecule has 1 amide bonds. The van der Waals surface area contributed by atoms with Gasteiger partial charge in [-0.05, 0) is 6.42 Å². The smallest absolute Gasteiger partial charge is 0.222 e. The van der Waals surface area contributed by atoms with E-state index in [1.54, 1.807) is 26.2 Å². The minimum absolute atomic E-state index is 0.0959. The lowest BCUT2D eigenvalue weighted by Crippen LogP contribution is -2.41. The van der Waals surface area contributed by atoms with Crippen LogP contribution in [0.4, 0.5) is 0 Å². The van der Waals surface area contributed by atoms with Crippen molar-refractivity contribution in [2.75, 3.05) is 41.0 Å². The lowest BCUT2D eigenvalue weighted by atomic mass is 10.2. The fraction of sp³-hybridized carbons (Fsp3) is 0.900. The summed E-state index contributed by atoms with van der Waals surface area (Å²) in [5, 5.41) is 0. The Morgan fingerprint density at radius 3 is 2.60 bits per heavy atom. The molecule has 1 unspecified atom stereocenters. The fourth-order valence-corrected chi connectivity index (χ4v) is 1.28. The van der Waals surface area contributed by atoms with Crippen LogP contribution in [-0.4, -0.2) is 57.9 Å². The van der Waals surface area contributed by atoms with Gasteiger partial charge in [0.05, 0.1) is 6.61 Å². The predicted octanol–water partition coefficient (Wildman–Crippen LogP) is -0.155. The Morgan fingerprint density at radius 1 is 1.40 bits per heavy atom. The normalized spacial score (nSPS) is 12.5. The number of carbonyl (C=O) groups is 1. The standard InChI is InChI=1S/C10H22N2O3/c1-12(7-9(11)8-15-3)10(13)5-4-6-14-2/h9H,4-8,11H2,1-3H3. The van der Waals surface area contributed by atoms with Gasteiger partial charge in [0.25, 0.3) is 0 Å². The first kappa shape index (κ1) is 14.3. The zero-order valence-electron chi connectivity index (χ0n) is 9.86. The fourth-order valence-electron chi connectivity index (χ4n) is 1.28. The van der Waals surface area contributed by atoms with E-state index in [1.165, 1.54) is 0 Å². The summed E-state index contributed by atoms with van der Waals surface area (Å²) in [6.45, 7) is 1.61. The SMILES string of the molecule is COCCCC(=O)N(C)CC(N)COC. The lowest BCUT2D eigenvalue weighted by Gasteiger charge is -2.21. The lowest BCUT2D eigenvalue weighted by molar-refractivity contribution is -0.130. The molecule has 2 N–H and O–H groups in total. The Bertz CT molecular complexity index is 176. The third kappa shape index (κ3) is 7.30. The monoisotopic (exact) mass is 218 g/mol. The molecule has 0 bridgehead atoms. The number of hydrogen-bond donors (Lipinski definition) is 1. The molecule has 15 heavy (non-hydrogen) atoms. The van der Waals surface area contributed by atoms with Gasteiger partial charge < -0.3 is 20.1 Å². The number of nitrogens with zero attached hydrogens (tertiary/aromatic N) is 1. The molecular weight excluding hydrogens is 196 g/mol. The van der Waals surface area contributed by atoms with Crippen molar-refractivity contribution < 1.29 is 14.3 Å². The molecule has 0 spiro atoms. The summed E-state index contributed by atoms with van der Waals surface area (Å²) in [6, 6.07) is -0.119. The highest BCUT2D eigenvalue weighted by Gasteiger charge is 2.11. The van der Waals surface area contributed by atoms with Crippen molar-refractivity contribution in [1.82, 2.24) is 4.90 Å². The summed E-state index contributed by atoms with van der Waals surface area (Å²) < 4.78 is 9.78. The van der Waals surface area contributed by atoms with Crippen molar-refractivity contribution in [3.8, 4) is 0 Å². The van der Waals surface area contributed by atoms with Crippen molar-refractivity contribution in [3.05, 3.63) is 0 Å². The molecule has 5 heteroatoms. The van der Waals surface area contributed by atoms with E-state index in [0.29, 0.717) is 26.2 Å². The second-order valence-electron chi connectivity index (χ2n) is 3.59. The summed E-state index contributed by atoms with van der Waals surface area (Å²) in [5.74, 6) is 0.0959. The van der Waals surface area contributed by atoms with Crippen LogP contribution in [0.2, 0.25) is 0 Å². The second kappa shape index (κ2) is 8.64. The van der Waals surface area contributed by atoms with Gasteiger partial charge in [0.15, 0.2) is 0 Å². The van der Waals surface area contributed by atoms with E-state index >= 15 is 0 Å². The number of rotatable bonds is 8. The topological polar surface area (TPSA) is 64.8 Å². The zero-order chi connectivity index (χ0) is 11.7. The van der Waals surface area contributed by atoms with Crippen LogP contribution in [0.5, 0.6) is 0 Å². The third-order valence-corrected chi connectivity index (χ3v) is 2.05. The first-order valence-electron chi connectivity index (χ1n) is 5.09. The van der Waals surface area contributed by atoms with Gasteiger partial charge in [0, 0.05) is 46.9 Å². The van der Waals surface area contributed by atoms with Gasteiger partial charge in [-0.15, -0.1) is 0 Å². The van der Waals surface area contributed by atoms with E-state index in [2.05, 4.69) is 0 Å². The number of nitrogens with two attached hydrogens (primary N) is 1. The van der Waals surface area contributed by atoms with Crippen molar-refractivity contribution >= 4 is 5.91 Å². The summed E-state index contributed by atoms with van der Waals surface area (Å²) in [7, 11) is 4.98. The molecule has 0 saturated carbocycles. The third-order valence-electron chi connectivity index (χ3n) is 2.05. The quantitative estimate of drug-likeness (QED) is 0.575. The van der Waals surface area contributed by atoms with Crippen LogP contribution in [0.1, 0.15) is 12.8 Å². The summed E-state index contributed by atoms with van der Waals surface area (Å²) >= 11 is 0. The average molecular weight is 218 g/mol. The van der Waals surface area contributed by atoms with Gasteiger partial charge in [0.1, 0.15) is 0 Å². The molecule has 0 aliphatic heterocycles. The van der Waals surface area contributed by atoms with E-state index < -0.39 is 0 Å². The Labute approximate surface area is 91.5 Å². The van der Waals surface area contributed by atoms with Crippen LogP contribution < -0.4 is 5.73 Å². The minimum atomic E-state index is -0.119. The molecule has 0 aromatic heterocycles. The van der Waals surface area contributed by atoms with E-state index in [1.807, 2.05) is 0 Å². The van der Waals surface area contributed by atoms with Crippen LogP contribution in [0, 0.1) is 0 Å². The molecule has 0 radical (unpaired) electrons. The first-order valence-corrected chi connectivity index (χ1v) is 5.09. The van der Waals surface area contributed by atoms with Gasteiger partial charge in [-0.25, -0.2) is 0 Å². The number of methoxy groups -OCH3 is 2. The van der Waals surface area contributed by atoms with Crippen molar-refractivity contribution in [2.45, 2.75) is 18.9 Å². The van der Waals surface area contributed by atoms with Gasteiger partial charge in [-0.1, -0.05) is 0 Å². The number of ether oxygens (including phenoxy) is 2. The highest BCUT2D eigenvalue weighted by Crippen LogP contribution is 1.97. The maximum absolute atomic E-state index is 11.5. The van der Waals surface area contributed by atoms with Gasteiger partial charge >= 0.3 is 0 Å². The van der Waals surface area contributed by atoms with Crippen LogP contribution in [0.3, 0.4) is 0 Å². The van der Waals surface area contributed by atoms with Gasteiger partial charge in [-0.2, -0.15) is 0 Å². The Morgan fingerprint density at radius 2 is 2.07 bits per heavy atom. The van der Waals surface area contributed by atoms with Crippen LogP contribution in [0.15, 0.2) is 0 Å².